The van der Waals surface area contributed by atoms with Crippen molar-refractivity contribution in [1.29, 1.82) is 0 Å². The number of benzene rings is 2. The van der Waals surface area contributed by atoms with E-state index in [1.54, 1.807) is 0 Å². The SMILES string of the molecule is Nc1nc(Nc2ccc(Br)c(Cl)c2)c2ccccc2n1. The molecule has 0 unspecified atom stereocenters. The molecule has 0 radical (unpaired) electrons. The Bertz CT molecular complexity index is 791. The van der Waals surface area contributed by atoms with E-state index >= 15 is 0 Å². The molecule has 0 atom stereocenters. The Morgan fingerprint density at radius 3 is 2.70 bits per heavy atom. The van der Waals surface area contributed by atoms with Crippen LogP contribution in [-0.4, -0.2) is 9.97 Å². The van der Waals surface area contributed by atoms with Crippen LogP contribution in [0.5, 0.6) is 0 Å². The number of rotatable bonds is 2. The summed E-state index contributed by atoms with van der Waals surface area (Å²) in [6, 6.07) is 13.3. The summed E-state index contributed by atoms with van der Waals surface area (Å²) in [5.74, 6) is 0.890. The number of anilines is 3. The third-order valence-corrected chi connectivity index (χ3v) is 4.04. The zero-order chi connectivity index (χ0) is 14.1. The van der Waals surface area contributed by atoms with Gasteiger partial charge in [0, 0.05) is 15.5 Å². The number of nitrogens with one attached hydrogen (secondary N) is 1. The molecule has 20 heavy (non-hydrogen) atoms. The maximum atomic E-state index is 6.09. The van der Waals surface area contributed by atoms with Crippen molar-refractivity contribution in [2.75, 3.05) is 11.1 Å². The Morgan fingerprint density at radius 1 is 1.10 bits per heavy atom. The van der Waals surface area contributed by atoms with Crippen molar-refractivity contribution in [2.45, 2.75) is 0 Å². The molecular weight excluding hydrogens is 340 g/mol. The average Bonchev–Trinajstić information content (AvgIpc) is 2.43. The van der Waals surface area contributed by atoms with Crippen LogP contribution in [0.15, 0.2) is 46.9 Å². The van der Waals surface area contributed by atoms with Gasteiger partial charge in [0.1, 0.15) is 5.82 Å². The van der Waals surface area contributed by atoms with Gasteiger partial charge in [-0.1, -0.05) is 23.7 Å². The summed E-state index contributed by atoms with van der Waals surface area (Å²) < 4.78 is 0.844. The van der Waals surface area contributed by atoms with Crippen LogP contribution in [0.4, 0.5) is 17.5 Å². The van der Waals surface area contributed by atoms with Crippen molar-refractivity contribution in [3.8, 4) is 0 Å². The van der Waals surface area contributed by atoms with Gasteiger partial charge in [0.2, 0.25) is 5.95 Å². The third-order valence-electron chi connectivity index (χ3n) is 2.80. The highest BCUT2D eigenvalue weighted by molar-refractivity contribution is 9.10. The maximum Gasteiger partial charge on any atom is 0.222 e. The van der Waals surface area contributed by atoms with E-state index < -0.39 is 0 Å². The van der Waals surface area contributed by atoms with Gasteiger partial charge in [-0.15, -0.1) is 0 Å². The van der Waals surface area contributed by atoms with Crippen LogP contribution in [-0.2, 0) is 0 Å². The van der Waals surface area contributed by atoms with E-state index in [1.807, 2.05) is 42.5 Å². The molecule has 3 rings (SSSR count). The minimum atomic E-state index is 0.231. The molecule has 1 heterocycles. The first kappa shape index (κ1) is 13.1. The highest BCUT2D eigenvalue weighted by Crippen LogP contribution is 2.29. The zero-order valence-electron chi connectivity index (χ0n) is 10.3. The van der Waals surface area contributed by atoms with Gasteiger partial charge in [-0.25, -0.2) is 4.98 Å². The van der Waals surface area contributed by atoms with Gasteiger partial charge in [0.15, 0.2) is 0 Å². The minimum Gasteiger partial charge on any atom is -0.368 e. The molecule has 0 amide bonds. The fourth-order valence-electron chi connectivity index (χ4n) is 1.90. The molecule has 6 heteroatoms. The van der Waals surface area contributed by atoms with Crippen molar-refractivity contribution in [3.63, 3.8) is 0 Å². The molecule has 1 aromatic heterocycles. The van der Waals surface area contributed by atoms with Gasteiger partial charge in [-0.2, -0.15) is 4.98 Å². The van der Waals surface area contributed by atoms with Crippen molar-refractivity contribution < 1.29 is 0 Å². The number of hydrogen-bond donors (Lipinski definition) is 2. The molecule has 3 N–H and O–H groups in total. The van der Waals surface area contributed by atoms with Gasteiger partial charge in [0.05, 0.1) is 10.5 Å². The highest BCUT2D eigenvalue weighted by Gasteiger charge is 2.07. The van der Waals surface area contributed by atoms with Crippen LogP contribution < -0.4 is 11.1 Å². The number of nitrogens with two attached hydrogens (primary N) is 1. The summed E-state index contributed by atoms with van der Waals surface area (Å²) in [4.78, 5) is 8.45. The molecule has 0 spiro atoms. The quantitative estimate of drug-likeness (QED) is 0.721. The summed E-state index contributed by atoms with van der Waals surface area (Å²) in [7, 11) is 0. The normalized spacial score (nSPS) is 10.7. The topological polar surface area (TPSA) is 63.8 Å². The molecule has 0 aliphatic rings. The first-order valence-corrected chi connectivity index (χ1v) is 7.05. The van der Waals surface area contributed by atoms with Gasteiger partial charge in [-0.05, 0) is 46.3 Å². The summed E-state index contributed by atoms with van der Waals surface area (Å²) in [6.07, 6.45) is 0. The van der Waals surface area contributed by atoms with Gasteiger partial charge in [-0.3, -0.25) is 0 Å². The lowest BCUT2D eigenvalue weighted by Crippen LogP contribution is -2.01. The summed E-state index contributed by atoms with van der Waals surface area (Å²) in [5.41, 5.74) is 7.37. The van der Waals surface area contributed by atoms with Crippen LogP contribution in [0.1, 0.15) is 0 Å². The predicted molar refractivity (Wildman–Crippen MR) is 86.4 cm³/mol. The molecule has 3 aromatic rings. The van der Waals surface area contributed by atoms with Crippen molar-refractivity contribution in [3.05, 3.63) is 52.0 Å². The maximum absolute atomic E-state index is 6.09. The summed E-state index contributed by atoms with van der Waals surface area (Å²) >= 11 is 9.45. The number of para-hydroxylation sites is 1. The predicted octanol–water partition coefficient (Wildman–Crippen LogP) is 4.37. The Morgan fingerprint density at radius 2 is 1.90 bits per heavy atom. The van der Waals surface area contributed by atoms with E-state index in [0.717, 1.165) is 21.1 Å². The van der Waals surface area contributed by atoms with Crippen LogP contribution >= 0.6 is 27.5 Å². The second-order valence-corrected chi connectivity index (χ2v) is 5.46. The Kier molecular flexibility index (Phi) is 3.46. The zero-order valence-corrected chi connectivity index (χ0v) is 12.6. The fraction of sp³-hybridized carbons (Fsp3) is 0. The van der Waals surface area contributed by atoms with Gasteiger partial charge >= 0.3 is 0 Å². The molecule has 2 aromatic carbocycles. The van der Waals surface area contributed by atoms with Crippen molar-refractivity contribution in [1.82, 2.24) is 9.97 Å². The minimum absolute atomic E-state index is 0.231. The third kappa shape index (κ3) is 2.55. The van der Waals surface area contributed by atoms with E-state index in [0.29, 0.717) is 10.8 Å². The van der Waals surface area contributed by atoms with Crippen LogP contribution in [0.25, 0.3) is 10.9 Å². The van der Waals surface area contributed by atoms with Gasteiger partial charge in [0.25, 0.3) is 0 Å². The molecule has 0 aliphatic heterocycles. The lowest BCUT2D eigenvalue weighted by atomic mass is 10.2. The highest BCUT2D eigenvalue weighted by atomic mass is 79.9. The number of aromatic nitrogens is 2. The molecule has 0 bridgehead atoms. The first-order chi connectivity index (χ1) is 9.63. The average molecular weight is 350 g/mol. The van der Waals surface area contributed by atoms with Gasteiger partial charge < -0.3 is 11.1 Å². The second kappa shape index (κ2) is 5.26. The molecule has 0 saturated carbocycles. The lowest BCUT2D eigenvalue weighted by molar-refractivity contribution is 1.23. The molecule has 0 saturated heterocycles. The standard InChI is InChI=1S/C14H10BrClN4/c15-10-6-5-8(7-11(10)16)18-13-9-3-1-2-4-12(9)19-14(17)20-13/h1-7H,(H3,17,18,19,20). The molecule has 4 nitrogen and oxygen atoms in total. The van der Waals surface area contributed by atoms with Crippen molar-refractivity contribution in [2.24, 2.45) is 0 Å². The van der Waals surface area contributed by atoms with Crippen LogP contribution in [0.2, 0.25) is 5.02 Å². The first-order valence-electron chi connectivity index (χ1n) is 5.88. The fourth-order valence-corrected chi connectivity index (χ4v) is 2.33. The Hall–Kier alpha value is -1.85. The smallest absolute Gasteiger partial charge is 0.222 e. The Labute approximate surface area is 129 Å². The Balaban J connectivity index is 2.07. The number of halogens is 2. The lowest BCUT2D eigenvalue weighted by Gasteiger charge is -2.10. The van der Waals surface area contributed by atoms with E-state index in [2.05, 4.69) is 31.2 Å². The monoisotopic (exact) mass is 348 g/mol. The van der Waals surface area contributed by atoms with Crippen LogP contribution in [0, 0.1) is 0 Å². The number of fused-ring (bicyclic) bond motifs is 1. The van der Waals surface area contributed by atoms with E-state index in [4.69, 9.17) is 17.3 Å². The van der Waals surface area contributed by atoms with Crippen molar-refractivity contribution >= 4 is 55.9 Å². The number of nitrogen functional groups attached to an aromatic ring is 1. The molecule has 0 fully saturated rings. The molecule has 100 valence electrons. The number of hydrogen-bond acceptors (Lipinski definition) is 4. The molecule has 0 aliphatic carbocycles. The number of nitrogens with zero attached hydrogens (tertiary/aromatic N) is 2. The molecular formula is C14H10BrClN4. The summed E-state index contributed by atoms with van der Waals surface area (Å²) in [6.45, 7) is 0. The largest absolute Gasteiger partial charge is 0.368 e. The van der Waals surface area contributed by atoms with E-state index in [1.165, 1.54) is 0 Å². The van der Waals surface area contributed by atoms with Crippen LogP contribution in [0.3, 0.4) is 0 Å². The van der Waals surface area contributed by atoms with E-state index in [-0.39, 0.29) is 5.95 Å². The summed E-state index contributed by atoms with van der Waals surface area (Å²) in [5, 5.41) is 4.75. The second-order valence-electron chi connectivity index (χ2n) is 4.20. The van der Waals surface area contributed by atoms with E-state index in [9.17, 15) is 0 Å².